The Bertz CT molecular complexity index is 6230. The zero-order valence-electron chi connectivity index (χ0n) is 80.1. The number of nitrogens with zero attached hydrogens (tertiary/aromatic N) is 20. The van der Waals surface area contributed by atoms with Crippen molar-refractivity contribution in [1.29, 1.82) is 0 Å². The highest BCUT2D eigenvalue weighted by molar-refractivity contribution is 5.84. The van der Waals surface area contributed by atoms with E-state index in [1.165, 1.54) is 70.7 Å². The summed E-state index contributed by atoms with van der Waals surface area (Å²) in [5.74, 6) is 4.66. The second-order valence-corrected chi connectivity index (χ2v) is 37.4. The van der Waals surface area contributed by atoms with Crippen LogP contribution < -0.4 is 18.9 Å². The number of aliphatic carboxylic acids is 4. The van der Waals surface area contributed by atoms with E-state index in [2.05, 4.69) is 136 Å². The second kappa shape index (κ2) is 44.5. The van der Waals surface area contributed by atoms with Gasteiger partial charge in [-0.1, -0.05) is 52.0 Å². The maximum absolute atomic E-state index is 11.6. The molecule has 8 atom stereocenters. The standard InChI is InChI=1S/4C27H29N5O3/c4*1-17-3-4-19-5-6-22(31-24(19)11-17)9-10-35-23-7-8-25-20(12-23)16-30-32(25)26(13-27(33)34)21-14-28-18(2)29-15-21/h4*5-8,12,14-17,26H,3-4,9-11,13H2,1-2H3,(H,33,34)/t2*17-,26+;2*17-,26-/m1010/s1. The van der Waals surface area contributed by atoms with E-state index in [9.17, 15) is 39.6 Å². The van der Waals surface area contributed by atoms with E-state index in [-0.39, 0.29) is 25.7 Å². The summed E-state index contributed by atoms with van der Waals surface area (Å²) < 4.78 is 31.0. The Hall–Kier alpha value is -15.2. The summed E-state index contributed by atoms with van der Waals surface area (Å²) >= 11 is 0. The van der Waals surface area contributed by atoms with Crippen molar-refractivity contribution >= 4 is 67.5 Å². The maximum Gasteiger partial charge on any atom is 0.305 e. The number of hydrogen-bond acceptors (Lipinski definition) is 24. The van der Waals surface area contributed by atoms with Gasteiger partial charge in [0.15, 0.2) is 0 Å². The lowest BCUT2D eigenvalue weighted by atomic mass is 9.88. The van der Waals surface area contributed by atoms with E-state index < -0.39 is 48.0 Å². The molecule has 0 bridgehead atoms. The number of carboxylic acid groups (broad SMARTS) is 4. The summed E-state index contributed by atoms with van der Waals surface area (Å²) in [6.07, 6.45) is 36.4. The van der Waals surface area contributed by atoms with Gasteiger partial charge in [-0.25, -0.2) is 39.9 Å². The minimum absolute atomic E-state index is 0.117. The first-order chi connectivity index (χ1) is 67.8. The topological polar surface area (TPSA) is 412 Å². The Balaban J connectivity index is 0.000000129. The molecule has 0 spiro atoms. The Morgan fingerprint density at radius 3 is 0.707 bits per heavy atom. The van der Waals surface area contributed by atoms with Gasteiger partial charge in [0.1, 0.15) is 46.3 Å². The molecule has 4 aliphatic carbocycles. The van der Waals surface area contributed by atoms with Crippen LogP contribution in [0.4, 0.5) is 0 Å². The van der Waals surface area contributed by atoms with Crippen LogP contribution in [0.25, 0.3) is 43.6 Å². The fourth-order valence-corrected chi connectivity index (χ4v) is 18.7. The first-order valence-corrected chi connectivity index (χ1v) is 48.2. The lowest BCUT2D eigenvalue weighted by molar-refractivity contribution is -0.138. The van der Waals surface area contributed by atoms with Crippen LogP contribution in [0.15, 0.2) is 196 Å². The van der Waals surface area contributed by atoms with Crippen molar-refractivity contribution in [2.75, 3.05) is 26.4 Å². The quantitative estimate of drug-likeness (QED) is 0.0304. The highest BCUT2D eigenvalue weighted by Gasteiger charge is 2.29. The Labute approximate surface area is 810 Å². The predicted octanol–water partition coefficient (Wildman–Crippen LogP) is 17.4. The average molecular weight is 1890 g/mol. The van der Waals surface area contributed by atoms with Crippen molar-refractivity contribution in [3.05, 3.63) is 309 Å². The summed E-state index contributed by atoms with van der Waals surface area (Å²) in [5.41, 5.74) is 20.9. The van der Waals surface area contributed by atoms with Gasteiger partial charge in [0.05, 0.1) is 123 Å². The van der Waals surface area contributed by atoms with E-state index in [4.69, 9.17) is 38.9 Å². The molecule has 0 saturated carbocycles. The van der Waals surface area contributed by atoms with Crippen LogP contribution in [0.2, 0.25) is 0 Å². The molecule has 4 aromatic carbocycles. The van der Waals surface area contributed by atoms with Gasteiger partial charge >= 0.3 is 23.9 Å². The monoisotopic (exact) mass is 1880 g/mol. The Morgan fingerprint density at radius 1 is 0.300 bits per heavy atom. The zero-order valence-corrected chi connectivity index (χ0v) is 80.1. The summed E-state index contributed by atoms with van der Waals surface area (Å²) in [5, 5.41) is 59.4. The van der Waals surface area contributed by atoms with Gasteiger partial charge in [-0.15, -0.1) is 0 Å². The molecule has 720 valence electrons. The number of pyridine rings is 4. The molecule has 0 amide bonds. The summed E-state index contributed by atoms with van der Waals surface area (Å²) in [6, 6.07) is 38.3. The van der Waals surface area contributed by atoms with E-state index in [0.717, 1.165) is 166 Å². The molecule has 0 radical (unpaired) electrons. The summed E-state index contributed by atoms with van der Waals surface area (Å²) in [6.45, 7) is 18.5. The van der Waals surface area contributed by atoms with Crippen LogP contribution in [0.1, 0.15) is 217 Å². The van der Waals surface area contributed by atoms with Crippen molar-refractivity contribution in [1.82, 2.24) is 98.9 Å². The molecule has 12 heterocycles. The molecule has 32 heteroatoms. The van der Waals surface area contributed by atoms with E-state index in [1.807, 2.05) is 72.8 Å². The zero-order chi connectivity index (χ0) is 97.5. The average Bonchev–Trinajstić information content (AvgIpc) is 1.65. The van der Waals surface area contributed by atoms with Gasteiger partial charge in [-0.3, -0.25) is 57.8 Å². The first-order valence-electron chi connectivity index (χ1n) is 48.2. The molecule has 140 heavy (non-hydrogen) atoms. The van der Waals surface area contributed by atoms with E-state index in [0.29, 0.717) is 95.7 Å². The molecule has 4 N–H and O–H groups in total. The minimum atomic E-state index is -0.913. The molecule has 0 fully saturated rings. The van der Waals surface area contributed by atoms with Crippen LogP contribution in [0.3, 0.4) is 0 Å². The largest absolute Gasteiger partial charge is 0.493 e. The fourth-order valence-electron chi connectivity index (χ4n) is 18.7. The van der Waals surface area contributed by atoms with Crippen LogP contribution in [0.5, 0.6) is 23.0 Å². The molecular formula is C108H116N20O12. The molecule has 20 rings (SSSR count). The van der Waals surface area contributed by atoms with Crippen LogP contribution in [-0.4, -0.2) is 170 Å². The number of rotatable bonds is 32. The van der Waals surface area contributed by atoms with Crippen molar-refractivity contribution < 1.29 is 58.6 Å². The molecular weight excluding hydrogens is 1770 g/mol. The highest BCUT2D eigenvalue weighted by Crippen LogP contribution is 2.37. The lowest BCUT2D eigenvalue weighted by Crippen LogP contribution is -2.17. The third-order valence-corrected chi connectivity index (χ3v) is 26.5. The van der Waals surface area contributed by atoms with Crippen LogP contribution in [0, 0.1) is 51.4 Å². The Morgan fingerprint density at radius 2 is 0.507 bits per heavy atom. The third-order valence-electron chi connectivity index (χ3n) is 26.5. The highest BCUT2D eigenvalue weighted by atomic mass is 16.5. The number of ether oxygens (including phenoxy) is 4. The lowest BCUT2D eigenvalue weighted by Gasteiger charge is -2.21. The number of hydrogen-bond donors (Lipinski definition) is 4. The van der Waals surface area contributed by atoms with Crippen molar-refractivity contribution in [3.63, 3.8) is 0 Å². The van der Waals surface area contributed by atoms with E-state index in [1.54, 1.807) is 121 Å². The first kappa shape index (κ1) is 96.4. The van der Waals surface area contributed by atoms with Gasteiger partial charge in [0.2, 0.25) is 0 Å². The second-order valence-electron chi connectivity index (χ2n) is 37.4. The summed E-state index contributed by atoms with van der Waals surface area (Å²) in [4.78, 5) is 99.5. The molecule has 4 aliphatic rings. The van der Waals surface area contributed by atoms with Crippen molar-refractivity contribution in [3.8, 4) is 23.0 Å². The number of carboxylic acids is 4. The normalized spacial score (nSPS) is 16.1. The van der Waals surface area contributed by atoms with Gasteiger partial charge in [0.25, 0.3) is 0 Å². The van der Waals surface area contributed by atoms with Gasteiger partial charge in [0, 0.05) is 165 Å². The molecule has 12 aromatic heterocycles. The predicted molar refractivity (Wildman–Crippen MR) is 526 cm³/mol. The molecule has 16 aromatic rings. The molecule has 0 aliphatic heterocycles. The van der Waals surface area contributed by atoms with Gasteiger partial charge in [-0.2, -0.15) is 20.4 Å². The smallest absolute Gasteiger partial charge is 0.305 e. The van der Waals surface area contributed by atoms with Gasteiger partial charge in [-0.05, 0) is 248 Å². The fraction of sp³-hybridized carbons (Fsp3) is 0.370. The maximum atomic E-state index is 11.6. The minimum Gasteiger partial charge on any atom is -0.493 e. The van der Waals surface area contributed by atoms with Crippen molar-refractivity contribution in [2.45, 2.75) is 208 Å². The van der Waals surface area contributed by atoms with Crippen molar-refractivity contribution in [2.24, 2.45) is 23.7 Å². The Kier molecular flexibility index (Phi) is 30.6. The molecule has 32 nitrogen and oxygen atoms in total. The number of aryl methyl sites for hydroxylation is 8. The number of carbonyl (C=O) groups is 4. The number of benzene rings is 4. The third kappa shape index (κ3) is 24.5. The molecule has 0 saturated heterocycles. The molecule has 0 unspecified atom stereocenters. The number of aromatic nitrogens is 20. The number of fused-ring (bicyclic) bond motifs is 8. The summed E-state index contributed by atoms with van der Waals surface area (Å²) in [7, 11) is 0. The SMILES string of the molecule is Cc1ncc([C@@H](CC(=O)O)n2ncc3cc(OCCc4ccc5c(n4)C[C@@H](C)CC5)ccc32)cn1.Cc1ncc([C@@H](CC(=O)O)n2ncc3cc(OCCc4ccc5c(n4)C[C@H](C)CC5)ccc32)cn1.Cc1ncc([C@H](CC(=O)O)n2ncc3cc(OCCc4ccc5c(n4)C[C@@H](C)CC5)ccc32)cn1.Cc1ncc([C@H](CC(=O)O)n2ncc3cc(OCCc4ccc5c(n4)C[C@H](C)CC5)ccc32)cn1. The van der Waals surface area contributed by atoms with Crippen LogP contribution in [-0.2, 0) is 96.2 Å². The van der Waals surface area contributed by atoms with E-state index >= 15 is 0 Å². The van der Waals surface area contributed by atoms with Gasteiger partial charge < -0.3 is 39.4 Å². The van der Waals surface area contributed by atoms with Crippen LogP contribution >= 0.6 is 0 Å².